The van der Waals surface area contributed by atoms with E-state index in [4.69, 9.17) is 0 Å². The first-order valence-corrected chi connectivity index (χ1v) is 9.35. The van der Waals surface area contributed by atoms with Crippen LogP contribution in [0.2, 0.25) is 0 Å². The van der Waals surface area contributed by atoms with E-state index in [1.54, 1.807) is 12.4 Å². The topological polar surface area (TPSA) is 54.0 Å². The van der Waals surface area contributed by atoms with Crippen LogP contribution in [0.15, 0.2) is 48.8 Å². The molecule has 4 heteroatoms. The third-order valence-corrected chi connectivity index (χ3v) is 4.78. The van der Waals surface area contributed by atoms with E-state index in [-0.39, 0.29) is 5.91 Å². The lowest BCUT2D eigenvalue weighted by molar-refractivity contribution is 0.0933. The summed E-state index contributed by atoms with van der Waals surface area (Å²) in [5.74, 6) is -0.00823. The highest BCUT2D eigenvalue weighted by Gasteiger charge is 2.16. The number of aromatic nitrogens is 1. The van der Waals surface area contributed by atoms with Crippen LogP contribution >= 0.6 is 0 Å². The van der Waals surface area contributed by atoms with Gasteiger partial charge in [0.05, 0.1) is 11.3 Å². The highest BCUT2D eigenvalue weighted by molar-refractivity contribution is 5.94. The maximum atomic E-state index is 12.5. The lowest BCUT2D eigenvalue weighted by Crippen LogP contribution is -2.34. The normalized spacial score (nSPS) is 15.4. The van der Waals surface area contributed by atoms with Crippen molar-refractivity contribution in [1.29, 1.82) is 0 Å². The number of hydrogen-bond donors (Lipinski definition) is 2. The summed E-state index contributed by atoms with van der Waals surface area (Å²) in [6, 6.07) is 12.6. The van der Waals surface area contributed by atoms with Gasteiger partial charge in [0.25, 0.3) is 5.91 Å². The first kappa shape index (κ1) is 17.5. The van der Waals surface area contributed by atoms with E-state index in [2.05, 4.69) is 39.9 Å². The largest absolute Gasteiger partial charge is 0.383 e. The van der Waals surface area contributed by atoms with Gasteiger partial charge in [-0.15, -0.1) is 0 Å². The van der Waals surface area contributed by atoms with Crippen LogP contribution in [0.3, 0.4) is 0 Å². The summed E-state index contributed by atoms with van der Waals surface area (Å²) in [6.45, 7) is 0.819. The molecule has 1 aromatic carbocycles. The molecule has 0 radical (unpaired) electrons. The van der Waals surface area contributed by atoms with Crippen molar-refractivity contribution in [2.45, 2.75) is 51.0 Å². The zero-order valence-electron chi connectivity index (χ0n) is 14.7. The van der Waals surface area contributed by atoms with Crippen LogP contribution in [0.25, 0.3) is 0 Å². The van der Waals surface area contributed by atoms with Gasteiger partial charge >= 0.3 is 0 Å². The monoisotopic (exact) mass is 337 g/mol. The predicted molar refractivity (Wildman–Crippen MR) is 102 cm³/mol. The van der Waals surface area contributed by atoms with Crippen molar-refractivity contribution in [2.75, 3.05) is 11.9 Å². The Morgan fingerprint density at radius 2 is 1.80 bits per heavy atom. The van der Waals surface area contributed by atoms with Crippen molar-refractivity contribution in [3.05, 3.63) is 59.9 Å². The van der Waals surface area contributed by atoms with E-state index in [1.807, 2.05) is 12.1 Å². The number of nitrogens with zero attached hydrogens (tertiary/aromatic N) is 1. The number of rotatable bonds is 6. The van der Waals surface area contributed by atoms with Crippen LogP contribution in [0.1, 0.15) is 54.4 Å². The number of pyridine rings is 1. The second-order valence-electron chi connectivity index (χ2n) is 6.79. The zero-order chi connectivity index (χ0) is 17.3. The highest BCUT2D eigenvalue weighted by Crippen LogP contribution is 2.18. The average molecular weight is 337 g/mol. The summed E-state index contributed by atoms with van der Waals surface area (Å²) in [7, 11) is 0. The molecule has 0 bridgehead atoms. The Labute approximate surface area is 150 Å². The van der Waals surface area contributed by atoms with Crippen LogP contribution in [-0.4, -0.2) is 23.5 Å². The number of hydrogen-bond acceptors (Lipinski definition) is 3. The molecule has 0 spiro atoms. The quantitative estimate of drug-likeness (QED) is 0.777. The molecule has 1 saturated carbocycles. The fraction of sp³-hybridized carbons (Fsp3) is 0.429. The maximum absolute atomic E-state index is 12.5. The fourth-order valence-electron chi connectivity index (χ4n) is 3.35. The predicted octanol–water partition coefficient (Wildman–Crippen LogP) is 4.19. The highest BCUT2D eigenvalue weighted by atomic mass is 16.1. The lowest BCUT2D eigenvalue weighted by Gasteiger charge is -2.16. The molecule has 25 heavy (non-hydrogen) atoms. The fourth-order valence-corrected chi connectivity index (χ4v) is 3.35. The number of amides is 1. The SMILES string of the molecule is O=C(NC1CCCCCC1)c1cncc(NCCc2ccccc2)c1. The van der Waals surface area contributed by atoms with Gasteiger partial charge < -0.3 is 10.6 Å². The minimum Gasteiger partial charge on any atom is -0.383 e. The zero-order valence-corrected chi connectivity index (χ0v) is 14.7. The number of anilines is 1. The molecule has 3 rings (SSSR count). The van der Waals surface area contributed by atoms with Crippen molar-refractivity contribution in [1.82, 2.24) is 10.3 Å². The molecule has 132 valence electrons. The van der Waals surface area contributed by atoms with Crippen molar-refractivity contribution in [3.8, 4) is 0 Å². The lowest BCUT2D eigenvalue weighted by atomic mass is 10.1. The van der Waals surface area contributed by atoms with Crippen molar-refractivity contribution < 1.29 is 4.79 Å². The Hall–Kier alpha value is -2.36. The van der Waals surface area contributed by atoms with E-state index in [1.165, 1.54) is 31.2 Å². The second-order valence-corrected chi connectivity index (χ2v) is 6.79. The smallest absolute Gasteiger partial charge is 0.253 e. The van der Waals surface area contributed by atoms with Crippen LogP contribution in [0.4, 0.5) is 5.69 Å². The van der Waals surface area contributed by atoms with Crippen LogP contribution in [0, 0.1) is 0 Å². The van der Waals surface area contributed by atoms with Crippen molar-refractivity contribution >= 4 is 11.6 Å². The van der Waals surface area contributed by atoms with Crippen LogP contribution in [0.5, 0.6) is 0 Å². The van der Waals surface area contributed by atoms with Crippen LogP contribution < -0.4 is 10.6 Å². The Kier molecular flexibility index (Phi) is 6.43. The van der Waals surface area contributed by atoms with Gasteiger partial charge in [0.15, 0.2) is 0 Å². The minimum absolute atomic E-state index is 0.00823. The molecule has 2 N–H and O–H groups in total. The summed E-state index contributed by atoms with van der Waals surface area (Å²) in [6.07, 6.45) is 11.5. The first-order valence-electron chi connectivity index (χ1n) is 9.35. The van der Waals surface area contributed by atoms with Gasteiger partial charge in [-0.1, -0.05) is 56.0 Å². The van der Waals surface area contributed by atoms with E-state index < -0.39 is 0 Å². The molecule has 1 aliphatic rings. The molecule has 1 aromatic heterocycles. The molecule has 4 nitrogen and oxygen atoms in total. The summed E-state index contributed by atoms with van der Waals surface area (Å²) in [5, 5.41) is 6.54. The number of nitrogens with one attached hydrogen (secondary N) is 2. The number of benzene rings is 1. The maximum Gasteiger partial charge on any atom is 0.253 e. The molecule has 1 heterocycles. The summed E-state index contributed by atoms with van der Waals surface area (Å²) in [4.78, 5) is 16.7. The Morgan fingerprint density at radius 3 is 2.56 bits per heavy atom. The van der Waals surface area contributed by atoms with Gasteiger partial charge in [-0.2, -0.15) is 0 Å². The molecule has 0 aliphatic heterocycles. The van der Waals surface area contributed by atoms with Crippen LogP contribution in [-0.2, 0) is 6.42 Å². The Balaban J connectivity index is 1.52. The molecular weight excluding hydrogens is 310 g/mol. The second kappa shape index (κ2) is 9.21. The molecule has 0 atom stereocenters. The standard InChI is InChI=1S/C21H27N3O/c25-21(24-19-10-6-1-2-7-11-19)18-14-20(16-22-15-18)23-13-12-17-8-4-3-5-9-17/h3-5,8-9,14-16,19,23H,1-2,6-7,10-13H2,(H,24,25). The third-order valence-electron chi connectivity index (χ3n) is 4.78. The molecular formula is C21H27N3O. The van der Waals surface area contributed by atoms with E-state index in [0.29, 0.717) is 11.6 Å². The average Bonchev–Trinajstić information content (AvgIpc) is 2.91. The Bertz CT molecular complexity index is 664. The van der Waals surface area contributed by atoms with Crippen molar-refractivity contribution in [3.63, 3.8) is 0 Å². The molecule has 1 amide bonds. The molecule has 0 saturated heterocycles. The van der Waals surface area contributed by atoms with Gasteiger partial charge in [0, 0.05) is 25.0 Å². The summed E-state index contributed by atoms with van der Waals surface area (Å²) >= 11 is 0. The van der Waals surface area contributed by atoms with Gasteiger partial charge in [-0.3, -0.25) is 9.78 Å². The first-order chi connectivity index (χ1) is 12.3. The molecule has 1 fully saturated rings. The van der Waals surface area contributed by atoms with Crippen molar-refractivity contribution in [2.24, 2.45) is 0 Å². The number of carbonyl (C=O) groups excluding carboxylic acids is 1. The van der Waals surface area contributed by atoms with Gasteiger partial charge in [0.2, 0.25) is 0 Å². The van der Waals surface area contributed by atoms with Gasteiger partial charge in [-0.05, 0) is 30.9 Å². The van der Waals surface area contributed by atoms with E-state index >= 15 is 0 Å². The van der Waals surface area contributed by atoms with E-state index in [0.717, 1.165) is 31.5 Å². The molecule has 2 aromatic rings. The minimum atomic E-state index is -0.00823. The third kappa shape index (κ3) is 5.59. The van der Waals surface area contributed by atoms with Gasteiger partial charge in [0.1, 0.15) is 0 Å². The van der Waals surface area contributed by atoms with E-state index in [9.17, 15) is 4.79 Å². The summed E-state index contributed by atoms with van der Waals surface area (Å²) < 4.78 is 0. The van der Waals surface area contributed by atoms with Gasteiger partial charge in [-0.25, -0.2) is 0 Å². The number of carbonyl (C=O) groups is 1. The molecule has 1 aliphatic carbocycles. The summed E-state index contributed by atoms with van der Waals surface area (Å²) in [5.41, 5.74) is 2.82. The molecule has 0 unspecified atom stereocenters. The Morgan fingerprint density at radius 1 is 1.04 bits per heavy atom.